The SMILES string of the molecule is COCC(O)(c1ccccc1)c1cnc2ccccc2c1. The van der Waals surface area contributed by atoms with Gasteiger partial charge in [0.1, 0.15) is 5.60 Å². The van der Waals surface area contributed by atoms with Crippen LogP contribution >= 0.6 is 0 Å². The summed E-state index contributed by atoms with van der Waals surface area (Å²) >= 11 is 0. The van der Waals surface area contributed by atoms with Crippen molar-refractivity contribution in [1.29, 1.82) is 0 Å². The van der Waals surface area contributed by atoms with Gasteiger partial charge in [-0.25, -0.2) is 0 Å². The lowest BCUT2D eigenvalue weighted by Gasteiger charge is -2.28. The first-order chi connectivity index (χ1) is 10.2. The summed E-state index contributed by atoms with van der Waals surface area (Å²) in [4.78, 5) is 4.44. The fourth-order valence-electron chi connectivity index (χ4n) is 2.55. The third kappa shape index (κ3) is 2.53. The summed E-state index contributed by atoms with van der Waals surface area (Å²) in [5.41, 5.74) is 1.24. The van der Waals surface area contributed by atoms with Crippen molar-refractivity contribution >= 4 is 10.9 Å². The highest BCUT2D eigenvalue weighted by atomic mass is 16.5. The summed E-state index contributed by atoms with van der Waals surface area (Å²) in [7, 11) is 1.59. The summed E-state index contributed by atoms with van der Waals surface area (Å²) in [5, 5.41) is 12.1. The number of ether oxygens (including phenoxy) is 1. The standard InChI is InChI=1S/C18H17NO2/c1-21-13-18(20,15-8-3-2-4-9-15)16-11-14-7-5-6-10-17(14)19-12-16/h2-12,20H,13H2,1H3. The molecule has 1 aromatic heterocycles. The molecule has 106 valence electrons. The Balaban J connectivity index is 2.15. The Morgan fingerprint density at radius 2 is 1.71 bits per heavy atom. The molecule has 21 heavy (non-hydrogen) atoms. The number of rotatable bonds is 4. The van der Waals surface area contributed by atoms with E-state index in [0.717, 1.165) is 22.0 Å². The molecule has 0 aliphatic carbocycles. The van der Waals surface area contributed by atoms with Gasteiger partial charge < -0.3 is 9.84 Å². The Labute approximate surface area is 123 Å². The van der Waals surface area contributed by atoms with Crippen LogP contribution in [-0.4, -0.2) is 23.8 Å². The van der Waals surface area contributed by atoms with Crippen molar-refractivity contribution in [3.8, 4) is 0 Å². The Morgan fingerprint density at radius 3 is 2.48 bits per heavy atom. The van der Waals surface area contributed by atoms with E-state index in [0.29, 0.717) is 0 Å². The van der Waals surface area contributed by atoms with Crippen molar-refractivity contribution in [2.24, 2.45) is 0 Å². The molecule has 3 nitrogen and oxygen atoms in total. The normalized spacial score (nSPS) is 14.0. The van der Waals surface area contributed by atoms with E-state index < -0.39 is 5.60 Å². The van der Waals surface area contributed by atoms with E-state index in [1.807, 2.05) is 60.7 Å². The predicted molar refractivity (Wildman–Crippen MR) is 83.1 cm³/mol. The Hall–Kier alpha value is -2.23. The number of aromatic nitrogens is 1. The van der Waals surface area contributed by atoms with Crippen molar-refractivity contribution in [2.45, 2.75) is 5.60 Å². The lowest BCUT2D eigenvalue weighted by Crippen LogP contribution is -2.32. The van der Waals surface area contributed by atoms with E-state index in [2.05, 4.69) is 4.98 Å². The summed E-state index contributed by atoms with van der Waals surface area (Å²) in [6, 6.07) is 19.4. The molecule has 0 spiro atoms. The largest absolute Gasteiger partial charge is 0.381 e. The Morgan fingerprint density at radius 1 is 1.00 bits per heavy atom. The van der Waals surface area contributed by atoms with Gasteiger partial charge in [0.05, 0.1) is 12.1 Å². The third-order valence-electron chi connectivity index (χ3n) is 3.67. The Bertz CT molecular complexity index is 742. The number of fused-ring (bicyclic) bond motifs is 1. The summed E-state index contributed by atoms with van der Waals surface area (Å²) in [5.74, 6) is 0. The van der Waals surface area contributed by atoms with Crippen molar-refractivity contribution in [2.75, 3.05) is 13.7 Å². The molecule has 1 N–H and O–H groups in total. The molecule has 1 atom stereocenters. The van der Waals surface area contributed by atoms with Crippen LogP contribution in [0.3, 0.4) is 0 Å². The van der Waals surface area contributed by atoms with Gasteiger partial charge in [0.25, 0.3) is 0 Å². The van der Waals surface area contributed by atoms with Crippen LogP contribution in [0.15, 0.2) is 66.9 Å². The van der Waals surface area contributed by atoms with E-state index in [-0.39, 0.29) is 6.61 Å². The summed E-state index contributed by atoms with van der Waals surface area (Å²) in [6.07, 6.45) is 1.72. The second-order valence-corrected chi connectivity index (χ2v) is 5.08. The molecule has 0 aliphatic rings. The lowest BCUT2D eigenvalue weighted by molar-refractivity contribution is -0.00340. The molecule has 0 bridgehead atoms. The van der Waals surface area contributed by atoms with Crippen molar-refractivity contribution in [3.63, 3.8) is 0 Å². The van der Waals surface area contributed by atoms with Gasteiger partial charge in [-0.15, -0.1) is 0 Å². The fraction of sp³-hybridized carbons (Fsp3) is 0.167. The maximum Gasteiger partial charge on any atom is 0.139 e. The molecule has 1 unspecified atom stereocenters. The number of pyridine rings is 1. The van der Waals surface area contributed by atoms with Crippen molar-refractivity contribution in [1.82, 2.24) is 4.98 Å². The molecule has 1 heterocycles. The van der Waals surface area contributed by atoms with Gasteiger partial charge in [-0.1, -0.05) is 48.5 Å². The molecule has 0 aliphatic heterocycles. The minimum Gasteiger partial charge on any atom is -0.381 e. The Kier molecular flexibility index (Phi) is 3.69. The first-order valence-electron chi connectivity index (χ1n) is 6.86. The zero-order chi connectivity index (χ0) is 14.7. The first kappa shape index (κ1) is 13.7. The molecule has 0 saturated heterocycles. The maximum atomic E-state index is 11.1. The quantitative estimate of drug-likeness (QED) is 0.798. The molecular weight excluding hydrogens is 262 g/mol. The molecule has 0 amide bonds. The zero-order valence-electron chi connectivity index (χ0n) is 11.9. The summed E-state index contributed by atoms with van der Waals surface area (Å²) in [6.45, 7) is 0.178. The van der Waals surface area contributed by atoms with E-state index >= 15 is 0 Å². The number of aliphatic hydroxyl groups is 1. The second-order valence-electron chi connectivity index (χ2n) is 5.08. The van der Waals surface area contributed by atoms with Gasteiger partial charge in [0, 0.05) is 24.3 Å². The molecular formula is C18H17NO2. The van der Waals surface area contributed by atoms with Crippen LogP contribution in [-0.2, 0) is 10.3 Å². The van der Waals surface area contributed by atoms with Crippen LogP contribution < -0.4 is 0 Å². The molecule has 0 radical (unpaired) electrons. The molecule has 3 heteroatoms. The summed E-state index contributed by atoms with van der Waals surface area (Å²) < 4.78 is 5.25. The van der Waals surface area contributed by atoms with Crippen LogP contribution in [0.25, 0.3) is 10.9 Å². The van der Waals surface area contributed by atoms with Crippen LogP contribution in [0.1, 0.15) is 11.1 Å². The second kappa shape index (κ2) is 5.64. The number of benzene rings is 2. The van der Waals surface area contributed by atoms with Crippen LogP contribution in [0.2, 0.25) is 0 Å². The molecule has 0 fully saturated rings. The monoisotopic (exact) mass is 279 g/mol. The average molecular weight is 279 g/mol. The minimum absolute atomic E-state index is 0.178. The van der Waals surface area contributed by atoms with Gasteiger partial charge in [0.15, 0.2) is 0 Å². The van der Waals surface area contributed by atoms with E-state index in [9.17, 15) is 5.11 Å². The highest BCUT2D eigenvalue weighted by molar-refractivity contribution is 5.79. The highest BCUT2D eigenvalue weighted by Crippen LogP contribution is 2.31. The number of nitrogens with zero attached hydrogens (tertiary/aromatic N) is 1. The number of hydrogen-bond donors (Lipinski definition) is 1. The van der Waals surface area contributed by atoms with E-state index in [1.165, 1.54) is 0 Å². The third-order valence-corrected chi connectivity index (χ3v) is 3.67. The van der Waals surface area contributed by atoms with Gasteiger partial charge in [-0.05, 0) is 17.7 Å². The first-order valence-corrected chi connectivity index (χ1v) is 6.86. The van der Waals surface area contributed by atoms with E-state index in [4.69, 9.17) is 4.74 Å². The molecule has 2 aromatic carbocycles. The minimum atomic E-state index is -1.20. The van der Waals surface area contributed by atoms with Crippen LogP contribution in [0, 0.1) is 0 Å². The van der Waals surface area contributed by atoms with Crippen molar-refractivity contribution in [3.05, 3.63) is 78.0 Å². The molecule has 3 aromatic rings. The fourth-order valence-corrected chi connectivity index (χ4v) is 2.55. The number of methoxy groups -OCH3 is 1. The smallest absolute Gasteiger partial charge is 0.139 e. The number of para-hydroxylation sites is 1. The predicted octanol–water partition coefficient (Wildman–Crippen LogP) is 3.12. The lowest BCUT2D eigenvalue weighted by atomic mass is 9.87. The maximum absolute atomic E-state index is 11.1. The van der Waals surface area contributed by atoms with E-state index in [1.54, 1.807) is 13.3 Å². The van der Waals surface area contributed by atoms with Gasteiger partial charge in [-0.2, -0.15) is 0 Å². The molecule has 3 rings (SSSR count). The van der Waals surface area contributed by atoms with Crippen LogP contribution in [0.5, 0.6) is 0 Å². The van der Waals surface area contributed by atoms with Gasteiger partial charge >= 0.3 is 0 Å². The highest BCUT2D eigenvalue weighted by Gasteiger charge is 2.32. The van der Waals surface area contributed by atoms with Gasteiger partial charge in [0.2, 0.25) is 0 Å². The average Bonchev–Trinajstić information content (AvgIpc) is 2.55. The zero-order valence-corrected chi connectivity index (χ0v) is 11.9. The van der Waals surface area contributed by atoms with Crippen LogP contribution in [0.4, 0.5) is 0 Å². The van der Waals surface area contributed by atoms with Gasteiger partial charge in [-0.3, -0.25) is 4.98 Å². The molecule has 0 saturated carbocycles. The van der Waals surface area contributed by atoms with Crippen molar-refractivity contribution < 1.29 is 9.84 Å². The topological polar surface area (TPSA) is 42.4 Å². The number of hydrogen-bond acceptors (Lipinski definition) is 3.